The molecular weight excluding hydrogens is 757 g/mol. The van der Waals surface area contributed by atoms with Crippen LogP contribution in [0.4, 0.5) is 0 Å². The molecule has 0 fully saturated rings. The number of ether oxygens (including phenoxy) is 3. The van der Waals surface area contributed by atoms with Crippen LogP contribution in [-0.4, -0.2) is 37.2 Å². The average molecular weight is 851 g/mol. The van der Waals surface area contributed by atoms with Gasteiger partial charge in [0.2, 0.25) is 0 Å². The molecule has 0 aromatic rings. The van der Waals surface area contributed by atoms with Gasteiger partial charge in [0, 0.05) is 19.3 Å². The van der Waals surface area contributed by atoms with Crippen LogP contribution in [-0.2, 0) is 28.6 Å². The van der Waals surface area contributed by atoms with Gasteiger partial charge in [0.15, 0.2) is 6.10 Å². The molecule has 0 unspecified atom stereocenters. The Morgan fingerprint density at radius 2 is 0.590 bits per heavy atom. The molecule has 0 aromatic heterocycles. The van der Waals surface area contributed by atoms with Gasteiger partial charge in [-0.2, -0.15) is 0 Å². The molecule has 0 rings (SSSR count). The minimum Gasteiger partial charge on any atom is -0.462 e. The summed E-state index contributed by atoms with van der Waals surface area (Å²) >= 11 is 0. The van der Waals surface area contributed by atoms with Crippen LogP contribution in [0.5, 0.6) is 0 Å². The van der Waals surface area contributed by atoms with Gasteiger partial charge < -0.3 is 14.2 Å². The van der Waals surface area contributed by atoms with Crippen molar-refractivity contribution >= 4 is 17.9 Å². The fraction of sp³-hybridized carbons (Fsp3) is 0.727. The number of hydrogen-bond acceptors (Lipinski definition) is 6. The lowest BCUT2D eigenvalue weighted by molar-refractivity contribution is -0.167. The van der Waals surface area contributed by atoms with Crippen LogP contribution >= 0.6 is 0 Å². The highest BCUT2D eigenvalue weighted by atomic mass is 16.6. The minimum absolute atomic E-state index is 0.101. The van der Waals surface area contributed by atoms with Crippen LogP contribution in [0.3, 0.4) is 0 Å². The van der Waals surface area contributed by atoms with Crippen molar-refractivity contribution < 1.29 is 28.6 Å². The molecule has 0 spiro atoms. The van der Waals surface area contributed by atoms with Crippen LogP contribution in [0, 0.1) is 0 Å². The maximum absolute atomic E-state index is 12.8. The SMILES string of the molecule is CCCCC/C=C\C/C=C\C/C=C\CCCCC(=O)OC[C@@H](COC(=O)CCCCCCCCCCCCCCC)OC(=O)CCCC/C=C\C/C=C\C/C=C\CCCCC. The van der Waals surface area contributed by atoms with Crippen LogP contribution < -0.4 is 0 Å². The minimum atomic E-state index is -0.808. The van der Waals surface area contributed by atoms with Crippen molar-refractivity contribution in [2.75, 3.05) is 13.2 Å². The standard InChI is InChI=1S/C55H94O6/c1-4-7-10-13-16-19-22-25-27-30-33-36-39-42-45-48-54(57)60-51-52(50-59-53(56)47-44-41-38-35-32-29-24-21-18-15-12-9-6-3)61-55(58)49-46-43-40-37-34-31-28-26-23-20-17-14-11-8-5-2/h16-17,19-20,25-28,33-34,36-37,52H,4-15,18,21-24,29-32,35,38-51H2,1-3H3/b19-16-,20-17-,27-25-,28-26-,36-33-,37-34-/t52-/m1/s1. The highest BCUT2D eigenvalue weighted by Crippen LogP contribution is 2.14. The number of carbonyl (C=O) groups is 3. The smallest absolute Gasteiger partial charge is 0.306 e. The maximum Gasteiger partial charge on any atom is 0.306 e. The van der Waals surface area contributed by atoms with E-state index in [1.54, 1.807) is 0 Å². The molecule has 0 aromatic carbocycles. The molecule has 0 heterocycles. The van der Waals surface area contributed by atoms with Crippen LogP contribution in [0.15, 0.2) is 72.9 Å². The third-order valence-corrected chi connectivity index (χ3v) is 10.7. The number of rotatable bonds is 45. The van der Waals surface area contributed by atoms with E-state index in [4.69, 9.17) is 14.2 Å². The van der Waals surface area contributed by atoms with Crippen LogP contribution in [0.2, 0.25) is 0 Å². The number of esters is 3. The molecule has 350 valence electrons. The monoisotopic (exact) mass is 851 g/mol. The summed E-state index contributed by atoms with van der Waals surface area (Å²) in [5.41, 5.74) is 0. The van der Waals surface area contributed by atoms with Crippen molar-refractivity contribution in [3.8, 4) is 0 Å². The summed E-state index contributed by atoms with van der Waals surface area (Å²) in [6, 6.07) is 0. The second kappa shape index (κ2) is 49.5. The number of allylic oxidation sites excluding steroid dienone is 12. The Kier molecular flexibility index (Phi) is 46.9. The Bertz CT molecular complexity index is 1160. The summed E-state index contributed by atoms with van der Waals surface area (Å²) in [6.45, 7) is 6.51. The van der Waals surface area contributed by atoms with E-state index < -0.39 is 6.10 Å². The molecule has 0 aliphatic rings. The Balaban J connectivity index is 4.51. The van der Waals surface area contributed by atoms with Gasteiger partial charge in [0.25, 0.3) is 0 Å². The summed E-state index contributed by atoms with van der Waals surface area (Å²) < 4.78 is 16.7. The summed E-state index contributed by atoms with van der Waals surface area (Å²) in [5, 5.41) is 0. The Morgan fingerprint density at radius 3 is 0.951 bits per heavy atom. The topological polar surface area (TPSA) is 78.9 Å². The quantitative estimate of drug-likeness (QED) is 0.0263. The van der Waals surface area contributed by atoms with E-state index in [1.807, 2.05) is 0 Å². The highest BCUT2D eigenvalue weighted by molar-refractivity contribution is 5.71. The molecular formula is C55H94O6. The van der Waals surface area contributed by atoms with E-state index in [2.05, 4.69) is 93.7 Å². The van der Waals surface area contributed by atoms with Crippen molar-refractivity contribution in [3.05, 3.63) is 72.9 Å². The maximum atomic E-state index is 12.8. The highest BCUT2D eigenvalue weighted by Gasteiger charge is 2.19. The second-order valence-corrected chi connectivity index (χ2v) is 16.7. The fourth-order valence-corrected chi connectivity index (χ4v) is 6.81. The number of hydrogen-bond donors (Lipinski definition) is 0. The van der Waals surface area contributed by atoms with E-state index >= 15 is 0 Å². The first-order chi connectivity index (χ1) is 30.0. The zero-order valence-electron chi connectivity index (χ0n) is 39.9. The molecule has 0 radical (unpaired) electrons. The van der Waals surface area contributed by atoms with Crippen molar-refractivity contribution in [3.63, 3.8) is 0 Å². The van der Waals surface area contributed by atoms with Crippen molar-refractivity contribution in [2.24, 2.45) is 0 Å². The van der Waals surface area contributed by atoms with Gasteiger partial charge in [-0.1, -0.05) is 196 Å². The van der Waals surface area contributed by atoms with Crippen molar-refractivity contribution in [1.82, 2.24) is 0 Å². The van der Waals surface area contributed by atoms with Gasteiger partial charge >= 0.3 is 17.9 Å². The first kappa shape index (κ1) is 57.9. The number of carbonyl (C=O) groups excluding carboxylic acids is 3. The summed E-state index contributed by atoms with van der Waals surface area (Å²) in [6.07, 6.45) is 61.7. The zero-order chi connectivity index (χ0) is 44.4. The summed E-state index contributed by atoms with van der Waals surface area (Å²) in [7, 11) is 0. The Labute approximate surface area is 376 Å². The average Bonchev–Trinajstić information content (AvgIpc) is 3.26. The normalized spacial score (nSPS) is 12.6. The first-order valence-electron chi connectivity index (χ1n) is 25.4. The van der Waals surface area contributed by atoms with Gasteiger partial charge in [0.05, 0.1) is 0 Å². The molecule has 0 bridgehead atoms. The molecule has 0 saturated carbocycles. The van der Waals surface area contributed by atoms with E-state index in [9.17, 15) is 14.4 Å². The molecule has 61 heavy (non-hydrogen) atoms. The third kappa shape index (κ3) is 47.7. The molecule has 0 saturated heterocycles. The van der Waals surface area contributed by atoms with E-state index in [-0.39, 0.29) is 37.5 Å². The van der Waals surface area contributed by atoms with E-state index in [0.717, 1.165) is 77.0 Å². The molecule has 0 amide bonds. The van der Waals surface area contributed by atoms with Crippen LogP contribution in [0.1, 0.15) is 239 Å². The predicted octanol–water partition coefficient (Wildman–Crippen LogP) is 16.6. The van der Waals surface area contributed by atoms with Crippen molar-refractivity contribution in [2.45, 2.75) is 245 Å². The molecule has 6 heteroatoms. The van der Waals surface area contributed by atoms with E-state index in [0.29, 0.717) is 19.3 Å². The van der Waals surface area contributed by atoms with Gasteiger partial charge in [-0.15, -0.1) is 0 Å². The van der Waals surface area contributed by atoms with Crippen molar-refractivity contribution in [1.29, 1.82) is 0 Å². The molecule has 1 atom stereocenters. The molecule has 6 nitrogen and oxygen atoms in total. The first-order valence-corrected chi connectivity index (χ1v) is 25.4. The largest absolute Gasteiger partial charge is 0.462 e. The van der Waals surface area contributed by atoms with Gasteiger partial charge in [-0.05, 0) is 96.3 Å². The Morgan fingerprint density at radius 1 is 0.328 bits per heavy atom. The van der Waals surface area contributed by atoms with Gasteiger partial charge in [-0.25, -0.2) is 0 Å². The predicted molar refractivity (Wildman–Crippen MR) is 261 cm³/mol. The molecule has 0 aliphatic heterocycles. The molecule has 0 N–H and O–H groups in total. The lowest BCUT2D eigenvalue weighted by atomic mass is 10.0. The number of unbranched alkanes of at least 4 members (excludes halogenated alkanes) is 22. The van der Waals surface area contributed by atoms with E-state index in [1.165, 1.54) is 116 Å². The van der Waals surface area contributed by atoms with Gasteiger partial charge in [0.1, 0.15) is 13.2 Å². The zero-order valence-corrected chi connectivity index (χ0v) is 39.9. The third-order valence-electron chi connectivity index (χ3n) is 10.7. The lowest BCUT2D eigenvalue weighted by Gasteiger charge is -2.18. The summed E-state index contributed by atoms with van der Waals surface area (Å²) in [4.78, 5) is 37.9. The van der Waals surface area contributed by atoms with Crippen LogP contribution in [0.25, 0.3) is 0 Å². The second-order valence-electron chi connectivity index (χ2n) is 16.7. The summed E-state index contributed by atoms with van der Waals surface area (Å²) in [5.74, 6) is -0.979. The lowest BCUT2D eigenvalue weighted by Crippen LogP contribution is -2.30. The molecule has 0 aliphatic carbocycles. The Hall–Kier alpha value is -3.15. The fourth-order valence-electron chi connectivity index (χ4n) is 6.81. The van der Waals surface area contributed by atoms with Gasteiger partial charge in [-0.3, -0.25) is 14.4 Å².